The summed E-state index contributed by atoms with van der Waals surface area (Å²) in [5, 5.41) is 10.2. The van der Waals surface area contributed by atoms with Gasteiger partial charge in [-0.25, -0.2) is 4.98 Å². The van der Waals surface area contributed by atoms with Crippen molar-refractivity contribution >= 4 is 0 Å². The zero-order valence-electron chi connectivity index (χ0n) is 10.5. The van der Waals surface area contributed by atoms with Gasteiger partial charge in [0.05, 0.1) is 18.2 Å². The molecular formula is C12H21N3O. The Morgan fingerprint density at radius 2 is 2.19 bits per heavy atom. The molecule has 2 heterocycles. The Labute approximate surface area is 96.9 Å². The van der Waals surface area contributed by atoms with Crippen molar-refractivity contribution in [3.63, 3.8) is 0 Å². The minimum absolute atomic E-state index is 0.0844. The number of aliphatic hydroxyl groups is 1. The van der Waals surface area contributed by atoms with Crippen LogP contribution in [0.1, 0.15) is 39.6 Å². The second-order valence-electron chi connectivity index (χ2n) is 5.44. The molecule has 0 fully saturated rings. The second kappa shape index (κ2) is 3.86. The first-order valence-corrected chi connectivity index (χ1v) is 5.87. The van der Waals surface area contributed by atoms with Gasteiger partial charge in [0.15, 0.2) is 0 Å². The van der Waals surface area contributed by atoms with Crippen LogP contribution in [0.5, 0.6) is 0 Å². The summed E-state index contributed by atoms with van der Waals surface area (Å²) in [6.45, 7) is 9.85. The predicted molar refractivity (Wildman–Crippen MR) is 63.1 cm³/mol. The van der Waals surface area contributed by atoms with Crippen molar-refractivity contribution in [2.75, 3.05) is 6.54 Å². The van der Waals surface area contributed by atoms with Gasteiger partial charge in [0.2, 0.25) is 0 Å². The highest BCUT2D eigenvalue weighted by Gasteiger charge is 2.35. The molecule has 0 aliphatic carbocycles. The number of fused-ring (bicyclic) bond motifs is 1. The largest absolute Gasteiger partial charge is 0.388 e. The van der Waals surface area contributed by atoms with E-state index in [0.717, 1.165) is 18.9 Å². The molecule has 0 radical (unpaired) electrons. The van der Waals surface area contributed by atoms with Crippen molar-refractivity contribution in [2.45, 2.75) is 51.9 Å². The monoisotopic (exact) mass is 223 g/mol. The van der Waals surface area contributed by atoms with E-state index in [9.17, 15) is 5.11 Å². The molecular weight excluding hydrogens is 202 g/mol. The summed E-state index contributed by atoms with van der Waals surface area (Å²) < 4.78 is 2.11. The Hall–Kier alpha value is -0.870. The zero-order chi connectivity index (χ0) is 11.9. The minimum atomic E-state index is -0.719. The van der Waals surface area contributed by atoms with Crippen LogP contribution in [0.2, 0.25) is 0 Å². The molecule has 1 N–H and O–H groups in total. The number of aromatic nitrogens is 2. The Kier molecular flexibility index (Phi) is 2.80. The molecule has 0 spiro atoms. The van der Waals surface area contributed by atoms with Crippen molar-refractivity contribution in [1.82, 2.24) is 14.5 Å². The van der Waals surface area contributed by atoms with E-state index in [1.54, 1.807) is 0 Å². The summed E-state index contributed by atoms with van der Waals surface area (Å²) in [4.78, 5) is 6.72. The van der Waals surface area contributed by atoms with Gasteiger partial charge in [0.1, 0.15) is 5.82 Å². The molecule has 0 bridgehead atoms. The van der Waals surface area contributed by atoms with Gasteiger partial charge >= 0.3 is 0 Å². The maximum absolute atomic E-state index is 10.2. The van der Waals surface area contributed by atoms with Gasteiger partial charge in [0.25, 0.3) is 0 Å². The smallest absolute Gasteiger partial charge is 0.123 e. The lowest BCUT2D eigenvalue weighted by molar-refractivity contribution is -0.0128. The van der Waals surface area contributed by atoms with E-state index in [-0.39, 0.29) is 6.04 Å². The van der Waals surface area contributed by atoms with Crippen molar-refractivity contribution in [3.05, 3.63) is 18.2 Å². The molecule has 4 heteroatoms. The van der Waals surface area contributed by atoms with Crippen LogP contribution in [-0.2, 0) is 6.54 Å². The van der Waals surface area contributed by atoms with Crippen LogP contribution < -0.4 is 0 Å². The highest BCUT2D eigenvalue weighted by Crippen LogP contribution is 2.29. The van der Waals surface area contributed by atoms with Crippen molar-refractivity contribution in [3.8, 4) is 0 Å². The number of hydrogen-bond donors (Lipinski definition) is 1. The Morgan fingerprint density at radius 3 is 2.75 bits per heavy atom. The molecule has 2 rings (SSSR count). The molecule has 0 saturated carbocycles. The third kappa shape index (κ3) is 1.99. The van der Waals surface area contributed by atoms with Gasteiger partial charge in [-0.15, -0.1) is 0 Å². The standard InChI is InChI=1S/C12H21N3O/c1-9(2)14-7-10(12(3,4)16)15-6-5-13-11(15)8-14/h5-6,9-10,16H,7-8H2,1-4H3. The van der Waals surface area contributed by atoms with Crippen LogP contribution in [0.15, 0.2) is 12.4 Å². The lowest BCUT2D eigenvalue weighted by Gasteiger charge is -2.41. The molecule has 16 heavy (non-hydrogen) atoms. The van der Waals surface area contributed by atoms with Crippen LogP contribution in [0.3, 0.4) is 0 Å². The third-order valence-electron chi connectivity index (χ3n) is 3.38. The number of rotatable bonds is 2. The fraction of sp³-hybridized carbons (Fsp3) is 0.750. The van der Waals surface area contributed by atoms with E-state index in [1.807, 2.05) is 26.2 Å². The molecule has 1 aromatic rings. The van der Waals surface area contributed by atoms with E-state index in [2.05, 4.69) is 28.3 Å². The molecule has 1 unspecified atom stereocenters. The van der Waals surface area contributed by atoms with Gasteiger partial charge < -0.3 is 9.67 Å². The highest BCUT2D eigenvalue weighted by atomic mass is 16.3. The first-order valence-electron chi connectivity index (χ1n) is 5.87. The highest BCUT2D eigenvalue weighted by molar-refractivity contribution is 5.04. The summed E-state index contributed by atoms with van der Waals surface area (Å²) in [5.74, 6) is 1.05. The molecule has 1 aliphatic rings. The molecule has 0 amide bonds. The molecule has 1 aromatic heterocycles. The summed E-state index contributed by atoms with van der Waals surface area (Å²) in [7, 11) is 0. The molecule has 1 aliphatic heterocycles. The van der Waals surface area contributed by atoms with Gasteiger partial charge in [-0.2, -0.15) is 0 Å². The average molecular weight is 223 g/mol. The maximum atomic E-state index is 10.2. The van der Waals surface area contributed by atoms with Crippen LogP contribution in [-0.4, -0.2) is 37.7 Å². The lowest BCUT2D eigenvalue weighted by atomic mass is 9.96. The molecule has 4 nitrogen and oxygen atoms in total. The Morgan fingerprint density at radius 1 is 1.50 bits per heavy atom. The second-order valence-corrected chi connectivity index (χ2v) is 5.44. The van der Waals surface area contributed by atoms with Gasteiger partial charge in [0, 0.05) is 25.0 Å². The average Bonchev–Trinajstić information content (AvgIpc) is 2.61. The van der Waals surface area contributed by atoms with E-state index in [1.165, 1.54) is 0 Å². The van der Waals surface area contributed by atoms with Crippen molar-refractivity contribution < 1.29 is 5.11 Å². The topological polar surface area (TPSA) is 41.3 Å². The summed E-state index contributed by atoms with van der Waals surface area (Å²) in [5.41, 5.74) is -0.719. The third-order valence-corrected chi connectivity index (χ3v) is 3.38. The predicted octanol–water partition coefficient (Wildman–Crippen LogP) is 1.42. The number of hydrogen-bond acceptors (Lipinski definition) is 3. The molecule has 1 atom stereocenters. The first-order chi connectivity index (χ1) is 7.39. The number of imidazole rings is 1. The minimum Gasteiger partial charge on any atom is -0.388 e. The lowest BCUT2D eigenvalue weighted by Crippen LogP contribution is -2.48. The zero-order valence-corrected chi connectivity index (χ0v) is 10.5. The summed E-state index contributed by atoms with van der Waals surface area (Å²) >= 11 is 0. The Balaban J connectivity index is 2.33. The van der Waals surface area contributed by atoms with Crippen LogP contribution in [0.25, 0.3) is 0 Å². The van der Waals surface area contributed by atoms with Gasteiger partial charge in [-0.3, -0.25) is 4.90 Å². The first kappa shape index (κ1) is 11.6. The van der Waals surface area contributed by atoms with Crippen LogP contribution in [0.4, 0.5) is 0 Å². The van der Waals surface area contributed by atoms with E-state index < -0.39 is 5.60 Å². The molecule has 0 aromatic carbocycles. The maximum Gasteiger partial charge on any atom is 0.123 e. The van der Waals surface area contributed by atoms with Gasteiger partial charge in [-0.1, -0.05) is 0 Å². The number of nitrogens with zero attached hydrogens (tertiary/aromatic N) is 3. The fourth-order valence-electron chi connectivity index (χ4n) is 2.26. The SMILES string of the molecule is CC(C)N1Cc2nccn2C(C(C)(C)O)C1. The quantitative estimate of drug-likeness (QED) is 0.824. The Bertz CT molecular complexity index is 365. The normalized spacial score (nSPS) is 22.5. The van der Waals surface area contributed by atoms with Crippen LogP contribution in [0, 0.1) is 0 Å². The fourth-order valence-corrected chi connectivity index (χ4v) is 2.26. The van der Waals surface area contributed by atoms with E-state index in [4.69, 9.17) is 0 Å². The molecule has 0 saturated heterocycles. The van der Waals surface area contributed by atoms with Crippen molar-refractivity contribution in [1.29, 1.82) is 0 Å². The molecule has 90 valence electrons. The van der Waals surface area contributed by atoms with Crippen LogP contribution >= 0.6 is 0 Å². The van der Waals surface area contributed by atoms with E-state index in [0.29, 0.717) is 6.04 Å². The van der Waals surface area contributed by atoms with Crippen molar-refractivity contribution in [2.24, 2.45) is 0 Å². The summed E-state index contributed by atoms with van der Waals surface area (Å²) in [6.07, 6.45) is 3.79. The van der Waals surface area contributed by atoms with E-state index >= 15 is 0 Å². The summed E-state index contributed by atoms with van der Waals surface area (Å²) in [6, 6.07) is 0.566. The van der Waals surface area contributed by atoms with Gasteiger partial charge in [-0.05, 0) is 27.7 Å².